The molecule has 3 rings (SSSR count). The van der Waals surface area contributed by atoms with Gasteiger partial charge >= 0.3 is 0 Å². The summed E-state index contributed by atoms with van der Waals surface area (Å²) in [6.45, 7) is 2.26. The predicted molar refractivity (Wildman–Crippen MR) is 79.1 cm³/mol. The highest BCUT2D eigenvalue weighted by molar-refractivity contribution is 8.14. The van der Waals surface area contributed by atoms with Crippen molar-refractivity contribution in [2.24, 2.45) is 10.9 Å². The fraction of sp³-hybridized carbons (Fsp3) is 0.533. The molecular formula is C15H20N2S. The van der Waals surface area contributed by atoms with Crippen LogP contribution in [0.1, 0.15) is 25.3 Å². The van der Waals surface area contributed by atoms with Gasteiger partial charge in [0.1, 0.15) is 0 Å². The SMILES string of the molecule is CCC1CC1N=C1NC(Cc2ccccc2)CS1. The summed E-state index contributed by atoms with van der Waals surface area (Å²) >= 11 is 1.89. The van der Waals surface area contributed by atoms with Gasteiger partial charge in [0.05, 0.1) is 6.04 Å². The van der Waals surface area contributed by atoms with Crippen LogP contribution in [0, 0.1) is 5.92 Å². The predicted octanol–water partition coefficient (Wildman–Crippen LogP) is 3.09. The van der Waals surface area contributed by atoms with Crippen LogP contribution in [0.15, 0.2) is 35.3 Å². The largest absolute Gasteiger partial charge is 0.361 e. The van der Waals surface area contributed by atoms with E-state index in [0.717, 1.165) is 18.1 Å². The molecule has 1 saturated carbocycles. The number of rotatable bonds is 4. The number of thioether (sulfide) groups is 1. The van der Waals surface area contributed by atoms with E-state index in [1.54, 1.807) is 0 Å². The molecular weight excluding hydrogens is 240 g/mol. The zero-order valence-corrected chi connectivity index (χ0v) is 11.6. The Kier molecular flexibility index (Phi) is 3.59. The fourth-order valence-electron chi connectivity index (χ4n) is 2.50. The zero-order chi connectivity index (χ0) is 12.4. The normalized spacial score (nSPS) is 32.5. The number of hydrogen-bond acceptors (Lipinski definition) is 2. The first-order chi connectivity index (χ1) is 8.85. The Hall–Kier alpha value is -0.960. The maximum Gasteiger partial charge on any atom is 0.157 e. The molecule has 1 aromatic carbocycles. The van der Waals surface area contributed by atoms with Gasteiger partial charge in [0.15, 0.2) is 5.17 Å². The van der Waals surface area contributed by atoms with Crippen molar-refractivity contribution < 1.29 is 0 Å². The second-order valence-corrected chi connectivity index (χ2v) is 6.26. The molecule has 1 aromatic rings. The number of nitrogens with zero attached hydrogens (tertiary/aromatic N) is 1. The maximum absolute atomic E-state index is 4.80. The number of hydrogen-bond donors (Lipinski definition) is 1. The Morgan fingerprint density at radius 3 is 2.89 bits per heavy atom. The van der Waals surface area contributed by atoms with Crippen molar-refractivity contribution in [1.82, 2.24) is 5.32 Å². The molecule has 0 radical (unpaired) electrons. The quantitative estimate of drug-likeness (QED) is 0.899. The Labute approximate surface area is 113 Å². The van der Waals surface area contributed by atoms with Gasteiger partial charge in [-0.05, 0) is 24.3 Å². The van der Waals surface area contributed by atoms with E-state index < -0.39 is 0 Å². The zero-order valence-electron chi connectivity index (χ0n) is 10.8. The van der Waals surface area contributed by atoms with Crippen molar-refractivity contribution in [3.8, 4) is 0 Å². The van der Waals surface area contributed by atoms with Gasteiger partial charge in [0, 0.05) is 11.8 Å². The van der Waals surface area contributed by atoms with E-state index in [2.05, 4.69) is 42.6 Å². The Bertz CT molecular complexity index is 429. The summed E-state index contributed by atoms with van der Waals surface area (Å²) in [4.78, 5) is 4.80. The minimum atomic E-state index is 0.551. The van der Waals surface area contributed by atoms with Gasteiger partial charge in [-0.25, -0.2) is 0 Å². The molecule has 0 aromatic heterocycles. The molecule has 0 bridgehead atoms. The van der Waals surface area contributed by atoms with E-state index in [4.69, 9.17) is 4.99 Å². The van der Waals surface area contributed by atoms with Crippen LogP contribution in [-0.2, 0) is 6.42 Å². The van der Waals surface area contributed by atoms with Gasteiger partial charge in [0.25, 0.3) is 0 Å². The second kappa shape index (κ2) is 5.35. The number of benzene rings is 1. The van der Waals surface area contributed by atoms with E-state index in [0.29, 0.717) is 12.1 Å². The first-order valence-corrected chi connectivity index (χ1v) is 7.84. The third-order valence-electron chi connectivity index (χ3n) is 3.77. The molecule has 1 heterocycles. The van der Waals surface area contributed by atoms with Gasteiger partial charge in [-0.15, -0.1) is 0 Å². The number of nitrogens with one attached hydrogen (secondary N) is 1. The van der Waals surface area contributed by atoms with Crippen LogP contribution >= 0.6 is 11.8 Å². The maximum atomic E-state index is 4.80. The average molecular weight is 260 g/mol. The van der Waals surface area contributed by atoms with Gasteiger partial charge in [0.2, 0.25) is 0 Å². The van der Waals surface area contributed by atoms with Gasteiger partial charge in [-0.2, -0.15) is 0 Å². The van der Waals surface area contributed by atoms with E-state index in [-0.39, 0.29) is 0 Å². The molecule has 96 valence electrons. The van der Waals surface area contributed by atoms with Crippen LogP contribution in [0.4, 0.5) is 0 Å². The van der Waals surface area contributed by atoms with Crippen molar-refractivity contribution in [2.45, 2.75) is 38.3 Å². The molecule has 18 heavy (non-hydrogen) atoms. The van der Waals surface area contributed by atoms with Crippen molar-refractivity contribution in [3.05, 3.63) is 35.9 Å². The molecule has 0 spiro atoms. The first kappa shape index (κ1) is 12.1. The van der Waals surface area contributed by atoms with E-state index in [1.807, 2.05) is 11.8 Å². The highest BCUT2D eigenvalue weighted by Gasteiger charge is 2.36. The lowest BCUT2D eigenvalue weighted by Crippen LogP contribution is -2.29. The Morgan fingerprint density at radius 2 is 2.17 bits per heavy atom. The summed E-state index contributed by atoms with van der Waals surface area (Å²) in [6.07, 6.45) is 3.68. The van der Waals surface area contributed by atoms with Gasteiger partial charge in [-0.3, -0.25) is 4.99 Å². The molecule has 1 aliphatic heterocycles. The van der Waals surface area contributed by atoms with E-state index in [9.17, 15) is 0 Å². The molecule has 2 aliphatic rings. The molecule has 1 saturated heterocycles. The number of amidine groups is 1. The topological polar surface area (TPSA) is 24.4 Å². The third-order valence-corrected chi connectivity index (χ3v) is 4.83. The van der Waals surface area contributed by atoms with Crippen molar-refractivity contribution in [3.63, 3.8) is 0 Å². The van der Waals surface area contributed by atoms with E-state index >= 15 is 0 Å². The molecule has 3 heteroatoms. The Morgan fingerprint density at radius 1 is 1.33 bits per heavy atom. The van der Waals surface area contributed by atoms with Crippen LogP contribution < -0.4 is 5.32 Å². The minimum Gasteiger partial charge on any atom is -0.361 e. The summed E-state index contributed by atoms with van der Waals surface area (Å²) in [7, 11) is 0. The van der Waals surface area contributed by atoms with Gasteiger partial charge < -0.3 is 5.32 Å². The Balaban J connectivity index is 1.53. The van der Waals surface area contributed by atoms with Crippen LogP contribution in [0.2, 0.25) is 0 Å². The lowest BCUT2D eigenvalue weighted by molar-refractivity contribution is 0.684. The monoisotopic (exact) mass is 260 g/mol. The van der Waals surface area contributed by atoms with Crippen LogP contribution in [0.25, 0.3) is 0 Å². The third kappa shape index (κ3) is 2.89. The summed E-state index contributed by atoms with van der Waals surface area (Å²) in [6, 6.07) is 11.9. The lowest BCUT2D eigenvalue weighted by Gasteiger charge is -2.09. The van der Waals surface area contributed by atoms with Crippen LogP contribution in [0.5, 0.6) is 0 Å². The average Bonchev–Trinajstić information content (AvgIpc) is 3.01. The highest BCUT2D eigenvalue weighted by Crippen LogP contribution is 2.37. The van der Waals surface area contributed by atoms with Crippen molar-refractivity contribution in [1.29, 1.82) is 0 Å². The minimum absolute atomic E-state index is 0.551. The second-order valence-electron chi connectivity index (χ2n) is 5.25. The molecule has 2 fully saturated rings. The van der Waals surface area contributed by atoms with E-state index in [1.165, 1.54) is 23.6 Å². The summed E-state index contributed by atoms with van der Waals surface area (Å²) in [5.41, 5.74) is 1.41. The standard InChI is InChI=1S/C15H20N2S/c1-2-12-9-14(12)17-15-16-13(10-18-15)8-11-6-4-3-5-7-11/h3-7,12-14H,2,8-10H2,1H3,(H,16,17). The smallest absolute Gasteiger partial charge is 0.157 e. The molecule has 3 unspecified atom stereocenters. The summed E-state index contributed by atoms with van der Waals surface area (Å²) in [5.74, 6) is 2.00. The molecule has 2 nitrogen and oxygen atoms in total. The van der Waals surface area contributed by atoms with Crippen molar-refractivity contribution >= 4 is 16.9 Å². The molecule has 1 aliphatic carbocycles. The lowest BCUT2D eigenvalue weighted by atomic mass is 10.1. The summed E-state index contributed by atoms with van der Waals surface area (Å²) < 4.78 is 0. The molecule has 3 atom stereocenters. The van der Waals surface area contributed by atoms with Crippen LogP contribution in [0.3, 0.4) is 0 Å². The summed E-state index contributed by atoms with van der Waals surface area (Å²) in [5, 5.41) is 4.75. The van der Waals surface area contributed by atoms with Crippen LogP contribution in [-0.4, -0.2) is 23.0 Å². The highest BCUT2D eigenvalue weighted by atomic mass is 32.2. The fourth-order valence-corrected chi connectivity index (χ4v) is 3.52. The molecule has 1 N–H and O–H groups in total. The van der Waals surface area contributed by atoms with Crippen molar-refractivity contribution in [2.75, 3.05) is 5.75 Å². The van der Waals surface area contributed by atoms with Gasteiger partial charge in [-0.1, -0.05) is 55.4 Å². The first-order valence-electron chi connectivity index (χ1n) is 6.86. The molecule has 0 amide bonds. The number of aliphatic imine (C=N–C) groups is 1.